The molecule has 2 heterocycles. The van der Waals surface area contributed by atoms with Crippen molar-refractivity contribution in [2.45, 2.75) is 6.17 Å². The number of nitrogens with zero attached hydrogens (tertiary/aromatic N) is 3. The summed E-state index contributed by atoms with van der Waals surface area (Å²) in [7, 11) is 0. The van der Waals surface area contributed by atoms with E-state index in [1.165, 1.54) is 43.4 Å². The summed E-state index contributed by atoms with van der Waals surface area (Å²) in [6.45, 7) is 0. The summed E-state index contributed by atoms with van der Waals surface area (Å²) in [6.07, 6.45) is -0.390. The molecule has 0 fully saturated rings. The van der Waals surface area contributed by atoms with Gasteiger partial charge >= 0.3 is 0 Å². The van der Waals surface area contributed by atoms with Gasteiger partial charge in [-0.15, -0.1) is 0 Å². The Kier molecular flexibility index (Phi) is 6.85. The van der Waals surface area contributed by atoms with Gasteiger partial charge < -0.3 is 9.88 Å². The fourth-order valence-corrected chi connectivity index (χ4v) is 7.45. The normalized spacial score (nSPS) is 13.4. The number of aliphatic imine (C=N–C) groups is 2. The average Bonchev–Trinajstić information content (AvgIpc) is 3.51. The van der Waals surface area contributed by atoms with Crippen molar-refractivity contribution < 1.29 is 0 Å². The molecule has 0 aliphatic carbocycles. The topological polar surface area (TPSA) is 41.7 Å². The molecule has 0 saturated carbocycles. The molecule has 0 amide bonds. The molecule has 0 saturated heterocycles. The van der Waals surface area contributed by atoms with Crippen LogP contribution in [0.25, 0.3) is 60.2 Å². The summed E-state index contributed by atoms with van der Waals surface area (Å²) in [5.74, 6) is 1.63. The second-order valence-electron chi connectivity index (χ2n) is 13.1. The van der Waals surface area contributed by atoms with Gasteiger partial charge in [0.05, 0.1) is 11.0 Å². The fourth-order valence-electron chi connectivity index (χ4n) is 7.45. The van der Waals surface area contributed by atoms with E-state index in [1.807, 2.05) is 36.4 Å². The van der Waals surface area contributed by atoms with Crippen LogP contribution in [0.4, 0.5) is 0 Å². The van der Waals surface area contributed by atoms with Crippen LogP contribution in [0.15, 0.2) is 192 Å². The molecular formula is C47H32N4. The van der Waals surface area contributed by atoms with E-state index >= 15 is 0 Å². The minimum absolute atomic E-state index is 0.390. The number of benzene rings is 8. The molecule has 0 atom stereocenters. The third kappa shape index (κ3) is 5.17. The number of aromatic nitrogens is 1. The Bertz CT molecular complexity index is 2680. The maximum absolute atomic E-state index is 5.12. The van der Waals surface area contributed by atoms with Crippen molar-refractivity contribution in [1.29, 1.82) is 0 Å². The van der Waals surface area contributed by atoms with E-state index in [0.29, 0.717) is 0 Å². The smallest absolute Gasteiger partial charge is 0.169 e. The van der Waals surface area contributed by atoms with E-state index < -0.39 is 6.17 Å². The Hall–Kier alpha value is -6.78. The molecule has 0 bridgehead atoms. The Morgan fingerprint density at radius 3 is 1.39 bits per heavy atom. The van der Waals surface area contributed by atoms with Crippen LogP contribution in [-0.4, -0.2) is 16.2 Å². The van der Waals surface area contributed by atoms with Crippen molar-refractivity contribution in [1.82, 2.24) is 9.88 Å². The van der Waals surface area contributed by atoms with Gasteiger partial charge in [0, 0.05) is 27.6 Å². The van der Waals surface area contributed by atoms with Gasteiger partial charge in [0.2, 0.25) is 0 Å². The van der Waals surface area contributed by atoms with Crippen molar-refractivity contribution >= 4 is 55.0 Å². The number of rotatable bonds is 5. The van der Waals surface area contributed by atoms with E-state index in [2.05, 4.69) is 155 Å². The Labute approximate surface area is 295 Å². The molecule has 1 aromatic heterocycles. The summed E-state index contributed by atoms with van der Waals surface area (Å²) >= 11 is 0. The van der Waals surface area contributed by atoms with Gasteiger partial charge in [-0.2, -0.15) is 0 Å². The standard InChI is InChI=1S/C47H32N4/c1-3-13-31(14-4-1)45-48-46(32-15-5-2-6-16-32)50-47(49-45)39-23-11-21-33(25-39)34-22-12-24-40(26-34)51-43-29-37-19-9-7-17-35(37)27-41(43)42-28-36-18-8-10-20-38(36)30-44(42)51/h1-30,47H,(H,48,49,50). The highest BCUT2D eigenvalue weighted by atomic mass is 15.2. The third-order valence-corrected chi connectivity index (χ3v) is 9.96. The molecule has 51 heavy (non-hydrogen) atoms. The molecular weight excluding hydrogens is 621 g/mol. The second-order valence-corrected chi connectivity index (χ2v) is 13.1. The lowest BCUT2D eigenvalue weighted by Crippen LogP contribution is -2.35. The zero-order valence-corrected chi connectivity index (χ0v) is 27.7. The first-order valence-electron chi connectivity index (χ1n) is 17.4. The summed E-state index contributed by atoms with van der Waals surface area (Å²) in [6, 6.07) is 64.7. The van der Waals surface area contributed by atoms with Gasteiger partial charge in [0.1, 0.15) is 11.7 Å². The van der Waals surface area contributed by atoms with Crippen molar-refractivity contribution in [3.05, 3.63) is 199 Å². The summed E-state index contributed by atoms with van der Waals surface area (Å²) in [5, 5.41) is 11.0. The van der Waals surface area contributed by atoms with Crippen molar-refractivity contribution in [2.75, 3.05) is 0 Å². The minimum atomic E-state index is -0.390. The number of fused-ring (bicyclic) bond motifs is 5. The van der Waals surface area contributed by atoms with Crippen molar-refractivity contribution in [3.8, 4) is 16.8 Å². The predicted octanol–water partition coefficient (Wildman–Crippen LogP) is 11.3. The molecule has 0 radical (unpaired) electrons. The highest BCUT2D eigenvalue weighted by molar-refractivity contribution is 6.17. The van der Waals surface area contributed by atoms with Crippen LogP contribution in [0.1, 0.15) is 22.9 Å². The van der Waals surface area contributed by atoms with E-state index in [9.17, 15) is 0 Å². The minimum Gasteiger partial charge on any atom is -0.324 e. The number of hydrogen-bond acceptors (Lipinski definition) is 3. The molecule has 4 heteroatoms. The van der Waals surface area contributed by atoms with Crippen LogP contribution in [0.3, 0.4) is 0 Å². The van der Waals surface area contributed by atoms with E-state index in [4.69, 9.17) is 9.98 Å². The first-order valence-corrected chi connectivity index (χ1v) is 17.4. The predicted molar refractivity (Wildman–Crippen MR) is 213 cm³/mol. The van der Waals surface area contributed by atoms with Crippen LogP contribution in [0.5, 0.6) is 0 Å². The fraction of sp³-hybridized carbons (Fsp3) is 0.0213. The molecule has 9 aromatic rings. The van der Waals surface area contributed by atoms with Gasteiger partial charge in [-0.3, -0.25) is 0 Å². The largest absolute Gasteiger partial charge is 0.324 e. The van der Waals surface area contributed by atoms with Crippen molar-refractivity contribution in [3.63, 3.8) is 0 Å². The highest BCUT2D eigenvalue weighted by Crippen LogP contribution is 2.38. The Morgan fingerprint density at radius 2 is 0.843 bits per heavy atom. The van der Waals surface area contributed by atoms with Gasteiger partial charge in [0.15, 0.2) is 6.17 Å². The first-order chi connectivity index (χ1) is 25.2. The molecule has 8 aromatic carbocycles. The molecule has 0 spiro atoms. The lowest BCUT2D eigenvalue weighted by Gasteiger charge is -2.22. The third-order valence-electron chi connectivity index (χ3n) is 9.96. The number of nitrogens with one attached hydrogen (secondary N) is 1. The van der Waals surface area contributed by atoms with Crippen LogP contribution in [-0.2, 0) is 0 Å². The number of hydrogen-bond donors (Lipinski definition) is 1. The molecule has 1 aliphatic rings. The quantitative estimate of drug-likeness (QED) is 0.197. The lowest BCUT2D eigenvalue weighted by atomic mass is 10.0. The van der Waals surface area contributed by atoms with Gasteiger partial charge in [0.25, 0.3) is 0 Å². The second kappa shape index (κ2) is 12.0. The van der Waals surface area contributed by atoms with Crippen LogP contribution in [0.2, 0.25) is 0 Å². The maximum atomic E-state index is 5.12. The van der Waals surface area contributed by atoms with E-state index in [0.717, 1.165) is 45.2 Å². The first kappa shape index (κ1) is 29.2. The summed E-state index contributed by atoms with van der Waals surface area (Å²) in [5.41, 5.74) is 8.88. The van der Waals surface area contributed by atoms with Crippen molar-refractivity contribution in [2.24, 2.45) is 9.98 Å². The SMILES string of the molecule is c1ccc(C2=NC(c3cccc(-c4cccc(-n5c6cc7ccccc7cc6c6cc7ccccc7cc65)c4)c3)N=C(c3ccccc3)N2)cc1. The van der Waals surface area contributed by atoms with Crippen LogP contribution < -0.4 is 5.32 Å². The molecule has 10 rings (SSSR count). The zero-order valence-electron chi connectivity index (χ0n) is 27.7. The summed E-state index contributed by atoms with van der Waals surface area (Å²) in [4.78, 5) is 10.2. The van der Waals surface area contributed by atoms with Crippen LogP contribution in [0, 0.1) is 0 Å². The van der Waals surface area contributed by atoms with E-state index in [-0.39, 0.29) is 0 Å². The molecule has 240 valence electrons. The molecule has 0 unspecified atom stereocenters. The monoisotopic (exact) mass is 652 g/mol. The zero-order chi connectivity index (χ0) is 33.7. The van der Waals surface area contributed by atoms with Crippen LogP contribution >= 0.6 is 0 Å². The van der Waals surface area contributed by atoms with Gasteiger partial charge in [-0.05, 0) is 80.7 Å². The maximum Gasteiger partial charge on any atom is 0.169 e. The van der Waals surface area contributed by atoms with Gasteiger partial charge in [-0.1, -0.05) is 140 Å². The lowest BCUT2D eigenvalue weighted by molar-refractivity contribution is 0.756. The Morgan fingerprint density at radius 1 is 0.392 bits per heavy atom. The highest BCUT2D eigenvalue weighted by Gasteiger charge is 2.21. The average molecular weight is 653 g/mol. The Balaban J connectivity index is 1.11. The molecule has 1 aliphatic heterocycles. The molecule has 4 nitrogen and oxygen atoms in total. The summed E-state index contributed by atoms with van der Waals surface area (Å²) < 4.78 is 2.43. The van der Waals surface area contributed by atoms with E-state index in [1.54, 1.807) is 0 Å². The molecule has 1 N–H and O–H groups in total. The van der Waals surface area contributed by atoms with Gasteiger partial charge in [-0.25, -0.2) is 9.98 Å². The number of amidine groups is 2.